The number of carboxylic acids is 1. The zero-order chi connectivity index (χ0) is 28.5. The number of fused-ring (bicyclic) bond motifs is 1. The first kappa shape index (κ1) is 27.6. The molecule has 41 heavy (non-hydrogen) atoms. The number of imidazole rings is 1. The van der Waals surface area contributed by atoms with Crippen LogP contribution >= 0.6 is 11.6 Å². The Kier molecular flexibility index (Phi) is 7.92. The number of carbonyl (C=O) groups is 1. The lowest BCUT2D eigenvalue weighted by molar-refractivity contribution is -0.0594. The summed E-state index contributed by atoms with van der Waals surface area (Å²) < 4.78 is 27.8. The highest BCUT2D eigenvalue weighted by atomic mass is 35.5. The van der Waals surface area contributed by atoms with E-state index in [-0.39, 0.29) is 30.2 Å². The van der Waals surface area contributed by atoms with Crippen LogP contribution in [-0.4, -0.2) is 56.3 Å². The minimum Gasteiger partial charge on any atom is -0.478 e. The zero-order valence-electron chi connectivity index (χ0n) is 22.8. The van der Waals surface area contributed by atoms with Crippen LogP contribution in [0.3, 0.4) is 0 Å². The predicted molar refractivity (Wildman–Crippen MR) is 153 cm³/mol. The summed E-state index contributed by atoms with van der Waals surface area (Å²) in [6.45, 7) is 5.41. The Morgan fingerprint density at radius 3 is 2.66 bits per heavy atom. The number of carboxylic acid groups (broad SMARTS) is 1. The van der Waals surface area contributed by atoms with Gasteiger partial charge in [-0.15, -0.1) is 0 Å². The Morgan fingerprint density at radius 1 is 1.15 bits per heavy atom. The number of ether oxygens (including phenoxy) is 2. The number of aromatic nitrogens is 3. The van der Waals surface area contributed by atoms with Gasteiger partial charge in [0, 0.05) is 34.9 Å². The second-order valence-electron chi connectivity index (χ2n) is 10.8. The average molecular weight is 579 g/mol. The van der Waals surface area contributed by atoms with Crippen LogP contribution in [0.25, 0.3) is 11.0 Å². The molecule has 10 heteroatoms. The van der Waals surface area contributed by atoms with Gasteiger partial charge in [-0.05, 0) is 75.7 Å². The first-order valence-corrected chi connectivity index (χ1v) is 14.4. The van der Waals surface area contributed by atoms with Crippen molar-refractivity contribution in [3.05, 3.63) is 88.1 Å². The van der Waals surface area contributed by atoms with Gasteiger partial charge in [0.05, 0.1) is 35.3 Å². The van der Waals surface area contributed by atoms with Gasteiger partial charge in [-0.2, -0.15) is 0 Å². The molecule has 0 amide bonds. The summed E-state index contributed by atoms with van der Waals surface area (Å²) in [5, 5.41) is 9.89. The molecule has 0 aliphatic carbocycles. The van der Waals surface area contributed by atoms with Crippen molar-refractivity contribution in [2.75, 3.05) is 19.7 Å². The number of halogens is 2. The highest BCUT2D eigenvalue weighted by Crippen LogP contribution is 2.34. The molecule has 6 rings (SSSR count). The van der Waals surface area contributed by atoms with Crippen LogP contribution in [0, 0.1) is 5.82 Å². The van der Waals surface area contributed by atoms with E-state index in [2.05, 4.69) is 16.4 Å². The fourth-order valence-corrected chi connectivity index (χ4v) is 5.85. The molecule has 0 bridgehead atoms. The van der Waals surface area contributed by atoms with Gasteiger partial charge in [-0.3, -0.25) is 4.90 Å². The van der Waals surface area contributed by atoms with E-state index in [1.54, 1.807) is 36.4 Å². The van der Waals surface area contributed by atoms with E-state index in [4.69, 9.17) is 31.0 Å². The fourth-order valence-electron chi connectivity index (χ4n) is 5.69. The van der Waals surface area contributed by atoms with Crippen molar-refractivity contribution < 1.29 is 23.8 Å². The highest BCUT2D eigenvalue weighted by molar-refractivity contribution is 6.30. The molecule has 2 atom stereocenters. The van der Waals surface area contributed by atoms with Crippen LogP contribution in [0.4, 0.5) is 4.39 Å². The summed E-state index contributed by atoms with van der Waals surface area (Å²) in [5.41, 5.74) is 3.28. The molecular weight excluding hydrogens is 547 g/mol. The molecular formula is C31H32ClFN4O4. The Morgan fingerprint density at radius 2 is 1.95 bits per heavy atom. The van der Waals surface area contributed by atoms with Crippen molar-refractivity contribution in [2.45, 2.75) is 57.4 Å². The zero-order valence-corrected chi connectivity index (χ0v) is 23.6. The number of hydrogen-bond donors (Lipinski definition) is 1. The minimum absolute atomic E-state index is 0.0496. The molecule has 4 aromatic rings. The molecule has 0 unspecified atom stereocenters. The number of hydrogen-bond acceptors (Lipinski definition) is 6. The minimum atomic E-state index is -0.948. The summed E-state index contributed by atoms with van der Waals surface area (Å²) in [6.07, 6.45) is 2.97. The van der Waals surface area contributed by atoms with Gasteiger partial charge in [0.2, 0.25) is 5.88 Å². The number of piperidine rings is 1. The fraction of sp³-hybridized carbons (Fsp3) is 0.387. The predicted octanol–water partition coefficient (Wildman–Crippen LogP) is 6.23. The Labute approximate surface area is 242 Å². The monoisotopic (exact) mass is 578 g/mol. The van der Waals surface area contributed by atoms with E-state index in [1.165, 1.54) is 6.07 Å². The third kappa shape index (κ3) is 5.93. The third-order valence-corrected chi connectivity index (χ3v) is 8.44. The number of likely N-dealkylation sites (tertiary alicyclic amines) is 1. The number of benzene rings is 2. The van der Waals surface area contributed by atoms with Crippen molar-refractivity contribution in [1.82, 2.24) is 19.4 Å². The number of nitrogens with zero attached hydrogens (tertiary/aromatic N) is 4. The quantitative estimate of drug-likeness (QED) is 0.252. The van der Waals surface area contributed by atoms with E-state index in [0.29, 0.717) is 23.0 Å². The summed E-state index contributed by atoms with van der Waals surface area (Å²) in [6, 6.07) is 15.5. The molecule has 2 fully saturated rings. The Hall–Kier alpha value is -3.53. The van der Waals surface area contributed by atoms with Crippen molar-refractivity contribution in [1.29, 1.82) is 0 Å². The maximum Gasteiger partial charge on any atom is 0.335 e. The molecule has 0 saturated carbocycles. The molecule has 2 aromatic carbocycles. The SMILES string of the molecule is C[C@@H](c1nc2ccc(C(=O)O)cc2n1C[C@@H]1CCO1)N1CCC(c2cccc(OCc3ccc(Cl)cc3F)n2)CC1. The topological polar surface area (TPSA) is 89.7 Å². The average Bonchev–Trinajstić information content (AvgIpc) is 3.32. The first-order chi connectivity index (χ1) is 19.9. The van der Waals surface area contributed by atoms with Gasteiger partial charge in [-0.1, -0.05) is 23.7 Å². The summed E-state index contributed by atoms with van der Waals surface area (Å²) in [4.78, 5) is 23.7. The largest absolute Gasteiger partial charge is 0.478 e. The van der Waals surface area contributed by atoms with Crippen LogP contribution in [0.5, 0.6) is 5.88 Å². The summed E-state index contributed by atoms with van der Waals surface area (Å²) in [5.74, 6) is 0.344. The van der Waals surface area contributed by atoms with Crippen molar-refractivity contribution >= 4 is 28.6 Å². The van der Waals surface area contributed by atoms with Gasteiger partial charge in [-0.25, -0.2) is 19.2 Å². The maximum atomic E-state index is 14.1. The molecule has 2 saturated heterocycles. The maximum absolute atomic E-state index is 14.1. The molecule has 2 aromatic heterocycles. The molecule has 4 heterocycles. The van der Waals surface area contributed by atoms with Gasteiger partial charge < -0.3 is 19.1 Å². The molecule has 0 radical (unpaired) electrons. The van der Waals surface area contributed by atoms with Crippen molar-refractivity contribution in [3.63, 3.8) is 0 Å². The molecule has 2 aliphatic rings. The van der Waals surface area contributed by atoms with Crippen LogP contribution in [0.2, 0.25) is 5.02 Å². The second-order valence-corrected chi connectivity index (χ2v) is 11.2. The summed E-state index contributed by atoms with van der Waals surface area (Å²) in [7, 11) is 0. The van der Waals surface area contributed by atoms with Crippen LogP contribution in [0.15, 0.2) is 54.6 Å². The first-order valence-electron chi connectivity index (χ1n) is 14.0. The molecule has 0 spiro atoms. The lowest BCUT2D eigenvalue weighted by Gasteiger charge is -2.36. The highest BCUT2D eigenvalue weighted by Gasteiger charge is 2.30. The van der Waals surface area contributed by atoms with Crippen LogP contribution in [-0.2, 0) is 17.9 Å². The Bertz CT molecular complexity index is 1570. The lowest BCUT2D eigenvalue weighted by Crippen LogP contribution is -2.37. The molecule has 2 aliphatic heterocycles. The van der Waals surface area contributed by atoms with E-state index < -0.39 is 11.8 Å². The van der Waals surface area contributed by atoms with Crippen LogP contribution < -0.4 is 4.74 Å². The van der Waals surface area contributed by atoms with E-state index in [0.717, 1.165) is 61.5 Å². The molecule has 214 valence electrons. The van der Waals surface area contributed by atoms with E-state index >= 15 is 0 Å². The smallest absolute Gasteiger partial charge is 0.335 e. The van der Waals surface area contributed by atoms with Crippen molar-refractivity contribution in [2.24, 2.45) is 0 Å². The number of aromatic carboxylic acids is 1. The number of rotatable bonds is 9. The van der Waals surface area contributed by atoms with Gasteiger partial charge in [0.25, 0.3) is 0 Å². The number of pyridine rings is 1. The molecule has 8 nitrogen and oxygen atoms in total. The lowest BCUT2D eigenvalue weighted by atomic mass is 9.92. The standard InChI is InChI=1S/C31H32ClFN4O4/c1-19(30-35-27-8-6-21(31(38)39)15-28(27)37(30)17-24-11-14-40-24)36-12-9-20(10-13-36)26-3-2-4-29(34-26)41-18-22-5-7-23(32)16-25(22)33/h2-8,15-16,19-20,24H,9-14,17-18H2,1H3,(H,38,39)/t19-,24-/m0/s1. The van der Waals surface area contributed by atoms with Gasteiger partial charge in [0.1, 0.15) is 18.2 Å². The van der Waals surface area contributed by atoms with Crippen molar-refractivity contribution in [3.8, 4) is 5.88 Å². The third-order valence-electron chi connectivity index (χ3n) is 8.21. The van der Waals surface area contributed by atoms with E-state index in [1.807, 2.05) is 12.1 Å². The van der Waals surface area contributed by atoms with E-state index in [9.17, 15) is 14.3 Å². The molecule has 1 N–H and O–H groups in total. The van der Waals surface area contributed by atoms with Crippen LogP contribution in [0.1, 0.15) is 65.6 Å². The summed E-state index contributed by atoms with van der Waals surface area (Å²) >= 11 is 5.85. The van der Waals surface area contributed by atoms with Gasteiger partial charge in [0.15, 0.2) is 0 Å². The van der Waals surface area contributed by atoms with Gasteiger partial charge >= 0.3 is 5.97 Å². The second kappa shape index (κ2) is 11.8. The normalized spacial score (nSPS) is 18.8. The Balaban J connectivity index is 1.14.